The lowest BCUT2D eigenvalue weighted by Crippen LogP contribution is -2.13. The van der Waals surface area contributed by atoms with Crippen molar-refractivity contribution in [1.29, 1.82) is 0 Å². The van der Waals surface area contributed by atoms with Crippen molar-refractivity contribution in [2.24, 2.45) is 0 Å². The smallest absolute Gasteiger partial charge is 0.257 e. The Hall–Kier alpha value is -2.56. The van der Waals surface area contributed by atoms with E-state index in [4.69, 9.17) is 5.73 Å². The fourth-order valence-corrected chi connectivity index (χ4v) is 1.37. The molecule has 0 saturated carbocycles. The number of phenols is 1. The van der Waals surface area contributed by atoms with Crippen LogP contribution in [-0.2, 0) is 0 Å². The minimum absolute atomic E-state index is 0.000853. The van der Waals surface area contributed by atoms with Crippen LogP contribution in [0.2, 0.25) is 0 Å². The van der Waals surface area contributed by atoms with Crippen LogP contribution in [0.25, 0.3) is 0 Å². The number of aromatic nitrogens is 1. The fraction of sp³-hybridized carbons (Fsp3) is 0. The second-order valence-corrected chi connectivity index (χ2v) is 3.46. The Labute approximate surface area is 97.9 Å². The first-order chi connectivity index (χ1) is 8.16. The molecule has 2 rings (SSSR count). The number of carbonyl (C=O) groups is 1. The van der Waals surface area contributed by atoms with E-state index in [0.717, 1.165) is 0 Å². The van der Waals surface area contributed by atoms with Crippen LogP contribution in [0.5, 0.6) is 5.75 Å². The Morgan fingerprint density at radius 1 is 1.24 bits per heavy atom. The van der Waals surface area contributed by atoms with E-state index in [1.54, 1.807) is 24.5 Å². The fourth-order valence-electron chi connectivity index (χ4n) is 1.37. The van der Waals surface area contributed by atoms with Crippen LogP contribution in [0.4, 0.5) is 11.4 Å². The Kier molecular flexibility index (Phi) is 2.91. The standard InChI is InChI=1S/C12H11N3O2/c13-11-2-1-9(16)7-10(11)12(17)15-8-3-5-14-6-4-8/h1-7,16H,13H2,(H,14,15,17). The number of anilines is 2. The van der Waals surface area contributed by atoms with Crippen LogP contribution in [-0.4, -0.2) is 16.0 Å². The summed E-state index contributed by atoms with van der Waals surface area (Å²) in [7, 11) is 0. The molecule has 86 valence electrons. The average Bonchev–Trinajstić information content (AvgIpc) is 2.33. The van der Waals surface area contributed by atoms with E-state index in [-0.39, 0.29) is 17.2 Å². The van der Waals surface area contributed by atoms with E-state index >= 15 is 0 Å². The minimum Gasteiger partial charge on any atom is -0.508 e. The molecule has 1 heterocycles. The molecule has 0 saturated heterocycles. The molecule has 0 spiro atoms. The van der Waals surface area contributed by atoms with Crippen molar-refractivity contribution in [2.75, 3.05) is 11.1 Å². The summed E-state index contributed by atoms with van der Waals surface area (Å²) < 4.78 is 0. The number of nitrogens with two attached hydrogens (primary N) is 1. The molecular weight excluding hydrogens is 218 g/mol. The third-order valence-electron chi connectivity index (χ3n) is 2.22. The number of hydrogen-bond donors (Lipinski definition) is 3. The number of nitrogen functional groups attached to an aromatic ring is 1. The molecule has 0 bridgehead atoms. The van der Waals surface area contributed by atoms with Gasteiger partial charge in [0, 0.05) is 23.8 Å². The Bertz CT molecular complexity index is 541. The van der Waals surface area contributed by atoms with Crippen LogP contribution in [0.15, 0.2) is 42.7 Å². The third-order valence-corrected chi connectivity index (χ3v) is 2.22. The molecule has 2 aromatic rings. The Morgan fingerprint density at radius 2 is 1.94 bits per heavy atom. The van der Waals surface area contributed by atoms with Gasteiger partial charge in [0.25, 0.3) is 5.91 Å². The summed E-state index contributed by atoms with van der Waals surface area (Å²) >= 11 is 0. The lowest BCUT2D eigenvalue weighted by molar-refractivity contribution is 0.102. The second-order valence-electron chi connectivity index (χ2n) is 3.46. The molecule has 0 fully saturated rings. The van der Waals surface area contributed by atoms with E-state index < -0.39 is 0 Å². The van der Waals surface area contributed by atoms with Gasteiger partial charge in [0.05, 0.1) is 5.56 Å². The largest absolute Gasteiger partial charge is 0.508 e. The molecule has 4 N–H and O–H groups in total. The van der Waals surface area contributed by atoms with Crippen LogP contribution < -0.4 is 11.1 Å². The first-order valence-electron chi connectivity index (χ1n) is 4.96. The SMILES string of the molecule is Nc1ccc(O)cc1C(=O)Nc1ccncc1. The van der Waals surface area contributed by atoms with Crippen molar-refractivity contribution in [3.8, 4) is 5.75 Å². The summed E-state index contributed by atoms with van der Waals surface area (Å²) in [6.07, 6.45) is 3.14. The lowest BCUT2D eigenvalue weighted by atomic mass is 10.1. The number of hydrogen-bond acceptors (Lipinski definition) is 4. The van der Waals surface area contributed by atoms with Gasteiger partial charge in [-0.05, 0) is 30.3 Å². The summed E-state index contributed by atoms with van der Waals surface area (Å²) in [5.41, 5.74) is 6.83. The summed E-state index contributed by atoms with van der Waals surface area (Å²) in [5, 5.41) is 12.0. The van der Waals surface area contributed by atoms with Crippen molar-refractivity contribution in [1.82, 2.24) is 4.98 Å². The zero-order valence-corrected chi connectivity index (χ0v) is 8.92. The number of carbonyl (C=O) groups excluding carboxylic acids is 1. The van der Waals surface area contributed by atoms with Gasteiger partial charge in [-0.3, -0.25) is 9.78 Å². The van der Waals surface area contributed by atoms with Gasteiger partial charge in [-0.15, -0.1) is 0 Å². The van der Waals surface area contributed by atoms with Gasteiger partial charge >= 0.3 is 0 Å². The van der Waals surface area contributed by atoms with Crippen LogP contribution in [0.1, 0.15) is 10.4 Å². The van der Waals surface area contributed by atoms with Crippen molar-refractivity contribution < 1.29 is 9.90 Å². The van der Waals surface area contributed by atoms with Gasteiger partial charge in [0.1, 0.15) is 5.75 Å². The molecule has 0 unspecified atom stereocenters. The highest BCUT2D eigenvalue weighted by Crippen LogP contribution is 2.19. The van der Waals surface area contributed by atoms with Crippen molar-refractivity contribution in [3.05, 3.63) is 48.3 Å². The summed E-state index contributed by atoms with van der Waals surface area (Å²) in [4.78, 5) is 15.7. The molecule has 1 amide bonds. The molecule has 17 heavy (non-hydrogen) atoms. The number of phenolic OH excluding ortho intramolecular Hbond substituents is 1. The highest BCUT2D eigenvalue weighted by molar-refractivity contribution is 6.07. The Morgan fingerprint density at radius 3 is 2.65 bits per heavy atom. The van der Waals surface area contributed by atoms with Gasteiger partial charge in [-0.25, -0.2) is 0 Å². The number of aromatic hydroxyl groups is 1. The van der Waals surface area contributed by atoms with E-state index in [9.17, 15) is 9.90 Å². The molecule has 1 aromatic heterocycles. The van der Waals surface area contributed by atoms with Crippen LogP contribution >= 0.6 is 0 Å². The molecule has 5 nitrogen and oxygen atoms in total. The van der Waals surface area contributed by atoms with E-state index in [1.165, 1.54) is 18.2 Å². The number of pyridine rings is 1. The van der Waals surface area contributed by atoms with Gasteiger partial charge in [0.2, 0.25) is 0 Å². The number of nitrogens with zero attached hydrogens (tertiary/aromatic N) is 1. The van der Waals surface area contributed by atoms with Crippen LogP contribution in [0, 0.1) is 0 Å². The maximum Gasteiger partial charge on any atom is 0.257 e. The topological polar surface area (TPSA) is 88.2 Å². The highest BCUT2D eigenvalue weighted by Gasteiger charge is 2.10. The molecule has 0 aliphatic rings. The predicted octanol–water partition coefficient (Wildman–Crippen LogP) is 1.62. The van der Waals surface area contributed by atoms with Gasteiger partial charge in [-0.2, -0.15) is 0 Å². The number of amides is 1. The first kappa shape index (κ1) is 10.9. The van der Waals surface area contributed by atoms with Gasteiger partial charge < -0.3 is 16.2 Å². The third kappa shape index (κ3) is 2.52. The quantitative estimate of drug-likeness (QED) is 0.539. The molecule has 0 aliphatic heterocycles. The molecule has 1 aromatic carbocycles. The second kappa shape index (κ2) is 4.52. The van der Waals surface area contributed by atoms with Gasteiger partial charge in [-0.1, -0.05) is 0 Å². The van der Waals surface area contributed by atoms with Crippen molar-refractivity contribution >= 4 is 17.3 Å². The Balaban J connectivity index is 2.23. The van der Waals surface area contributed by atoms with E-state index in [0.29, 0.717) is 11.4 Å². The molecule has 0 atom stereocenters. The van der Waals surface area contributed by atoms with E-state index in [2.05, 4.69) is 10.3 Å². The first-order valence-corrected chi connectivity index (χ1v) is 4.96. The van der Waals surface area contributed by atoms with E-state index in [1.807, 2.05) is 0 Å². The average molecular weight is 229 g/mol. The molecule has 5 heteroatoms. The van der Waals surface area contributed by atoms with Crippen molar-refractivity contribution in [2.45, 2.75) is 0 Å². The van der Waals surface area contributed by atoms with Crippen molar-refractivity contribution in [3.63, 3.8) is 0 Å². The van der Waals surface area contributed by atoms with Crippen LogP contribution in [0.3, 0.4) is 0 Å². The predicted molar refractivity (Wildman–Crippen MR) is 64.7 cm³/mol. The summed E-state index contributed by atoms with van der Waals surface area (Å²) in [6.45, 7) is 0. The lowest BCUT2D eigenvalue weighted by Gasteiger charge is -2.07. The normalized spacial score (nSPS) is 9.88. The monoisotopic (exact) mass is 229 g/mol. The minimum atomic E-state index is -0.371. The van der Waals surface area contributed by atoms with Gasteiger partial charge in [0.15, 0.2) is 0 Å². The summed E-state index contributed by atoms with van der Waals surface area (Å²) in [6, 6.07) is 7.56. The highest BCUT2D eigenvalue weighted by atomic mass is 16.3. The molecule has 0 radical (unpaired) electrons. The number of benzene rings is 1. The molecule has 0 aliphatic carbocycles. The zero-order valence-electron chi connectivity index (χ0n) is 8.92. The molecular formula is C12H11N3O2. The maximum absolute atomic E-state index is 11.9. The maximum atomic E-state index is 11.9. The zero-order chi connectivity index (χ0) is 12.3. The number of rotatable bonds is 2. The number of nitrogens with one attached hydrogen (secondary N) is 1. The summed E-state index contributed by atoms with van der Waals surface area (Å²) in [5.74, 6) is -0.372.